The molecule has 1 aliphatic rings. The molecule has 1 saturated heterocycles. The second-order valence-corrected chi connectivity index (χ2v) is 6.67. The molecule has 124 valence electrons. The molecule has 1 aliphatic heterocycles. The maximum Gasteiger partial charge on any atom is 0.145 e. The van der Waals surface area contributed by atoms with Crippen molar-refractivity contribution >= 4 is 16.7 Å². The molecule has 6 heteroatoms. The number of aromatic nitrogens is 2. The Balaban J connectivity index is 1.80. The number of benzene rings is 1. The highest BCUT2D eigenvalue weighted by Crippen LogP contribution is 2.23. The Morgan fingerprint density at radius 2 is 2.13 bits per heavy atom. The number of hydrogen-bond donors (Lipinski definition) is 1. The predicted octanol–water partition coefficient (Wildman–Crippen LogP) is 1.84. The fourth-order valence-electron chi connectivity index (χ4n) is 3.23. The lowest BCUT2D eigenvalue weighted by molar-refractivity contribution is -0.154. The van der Waals surface area contributed by atoms with E-state index >= 15 is 0 Å². The summed E-state index contributed by atoms with van der Waals surface area (Å²) in [5.74, 6) is 1.28. The van der Waals surface area contributed by atoms with Gasteiger partial charge >= 0.3 is 0 Å². The molecule has 0 amide bonds. The average molecular weight is 316 g/mol. The molecule has 23 heavy (non-hydrogen) atoms. The van der Waals surface area contributed by atoms with Gasteiger partial charge in [-0.05, 0) is 26.0 Å². The number of ether oxygens (including phenoxy) is 2. The summed E-state index contributed by atoms with van der Waals surface area (Å²) in [6.45, 7) is 7.05. The topological polar surface area (TPSA) is 73.5 Å². The van der Waals surface area contributed by atoms with E-state index in [-0.39, 0.29) is 11.7 Å². The minimum atomic E-state index is -0.218. The lowest BCUT2D eigenvalue weighted by atomic mass is 10.1. The summed E-state index contributed by atoms with van der Waals surface area (Å²) in [5, 5.41) is 0.899. The molecule has 0 bridgehead atoms. The Bertz CT molecular complexity index is 689. The van der Waals surface area contributed by atoms with E-state index in [2.05, 4.69) is 28.7 Å². The fourth-order valence-corrected chi connectivity index (χ4v) is 3.23. The Kier molecular flexibility index (Phi) is 4.48. The summed E-state index contributed by atoms with van der Waals surface area (Å²) >= 11 is 0. The standard InChI is InChI=1S/C17H24N4O2/c1-17(2)11-21(8-12(23-17)10-22-3)9-15-19-14-7-5-4-6-13(14)16(18)20-15/h4-7,12H,8-11H2,1-3H3,(H2,18,19,20)/t12-/m1/s1. The number of anilines is 1. The van der Waals surface area contributed by atoms with Crippen molar-refractivity contribution in [2.45, 2.75) is 32.1 Å². The van der Waals surface area contributed by atoms with Gasteiger partial charge in [-0.1, -0.05) is 12.1 Å². The molecule has 0 aliphatic carbocycles. The van der Waals surface area contributed by atoms with Gasteiger partial charge in [-0.25, -0.2) is 9.97 Å². The second kappa shape index (κ2) is 6.39. The predicted molar refractivity (Wildman–Crippen MR) is 90.1 cm³/mol. The largest absolute Gasteiger partial charge is 0.383 e. The van der Waals surface area contributed by atoms with Crippen LogP contribution in [0.3, 0.4) is 0 Å². The quantitative estimate of drug-likeness (QED) is 0.928. The van der Waals surface area contributed by atoms with Gasteiger partial charge in [0.25, 0.3) is 0 Å². The zero-order chi connectivity index (χ0) is 16.4. The number of morpholine rings is 1. The van der Waals surface area contributed by atoms with E-state index in [4.69, 9.17) is 15.2 Å². The molecule has 0 radical (unpaired) electrons. The number of nitrogen functional groups attached to an aromatic ring is 1. The van der Waals surface area contributed by atoms with Crippen molar-refractivity contribution in [2.75, 3.05) is 32.5 Å². The molecule has 2 N–H and O–H groups in total. The van der Waals surface area contributed by atoms with Crippen LogP contribution >= 0.6 is 0 Å². The summed E-state index contributed by atoms with van der Waals surface area (Å²) in [6.07, 6.45) is 0.0570. The van der Waals surface area contributed by atoms with Gasteiger partial charge in [-0.15, -0.1) is 0 Å². The third-order valence-electron chi connectivity index (χ3n) is 3.95. The van der Waals surface area contributed by atoms with Gasteiger partial charge in [0, 0.05) is 25.6 Å². The number of nitrogens with two attached hydrogens (primary N) is 1. The van der Waals surface area contributed by atoms with E-state index in [1.165, 1.54) is 0 Å². The van der Waals surface area contributed by atoms with Crippen molar-refractivity contribution in [1.82, 2.24) is 14.9 Å². The molecule has 1 aromatic carbocycles. The van der Waals surface area contributed by atoms with E-state index < -0.39 is 0 Å². The van der Waals surface area contributed by atoms with Crippen molar-refractivity contribution in [3.8, 4) is 0 Å². The molecular weight excluding hydrogens is 292 g/mol. The maximum atomic E-state index is 6.08. The summed E-state index contributed by atoms with van der Waals surface area (Å²) < 4.78 is 11.3. The molecule has 0 saturated carbocycles. The van der Waals surface area contributed by atoms with E-state index in [0.717, 1.165) is 29.8 Å². The van der Waals surface area contributed by atoms with Crippen LogP contribution in [0.1, 0.15) is 19.7 Å². The molecule has 1 fully saturated rings. The molecule has 0 spiro atoms. The summed E-state index contributed by atoms with van der Waals surface area (Å²) in [7, 11) is 1.70. The Morgan fingerprint density at radius 3 is 2.91 bits per heavy atom. The fraction of sp³-hybridized carbons (Fsp3) is 0.529. The minimum absolute atomic E-state index is 0.0570. The van der Waals surface area contributed by atoms with Crippen molar-refractivity contribution in [3.63, 3.8) is 0 Å². The van der Waals surface area contributed by atoms with Crippen molar-refractivity contribution < 1.29 is 9.47 Å². The zero-order valence-corrected chi connectivity index (χ0v) is 14.0. The molecule has 6 nitrogen and oxygen atoms in total. The van der Waals surface area contributed by atoms with Crippen LogP contribution in [-0.2, 0) is 16.0 Å². The SMILES string of the molecule is COC[C@H]1CN(Cc2nc(N)c3ccccc3n2)CC(C)(C)O1. The highest BCUT2D eigenvalue weighted by Gasteiger charge is 2.33. The summed E-state index contributed by atoms with van der Waals surface area (Å²) in [6, 6.07) is 7.82. The third kappa shape index (κ3) is 3.77. The Labute approximate surface area is 136 Å². The van der Waals surface area contributed by atoms with Crippen LogP contribution in [-0.4, -0.2) is 53.4 Å². The van der Waals surface area contributed by atoms with E-state index in [1.54, 1.807) is 7.11 Å². The summed E-state index contributed by atoms with van der Waals surface area (Å²) in [4.78, 5) is 11.4. The monoisotopic (exact) mass is 316 g/mol. The number of rotatable bonds is 4. The highest BCUT2D eigenvalue weighted by molar-refractivity contribution is 5.87. The van der Waals surface area contributed by atoms with Gasteiger partial charge in [0.2, 0.25) is 0 Å². The third-order valence-corrected chi connectivity index (χ3v) is 3.95. The molecular formula is C17H24N4O2. The van der Waals surface area contributed by atoms with Crippen LogP contribution < -0.4 is 5.73 Å². The van der Waals surface area contributed by atoms with Crippen LogP contribution in [0.15, 0.2) is 24.3 Å². The van der Waals surface area contributed by atoms with E-state index in [0.29, 0.717) is 19.0 Å². The number of hydrogen-bond acceptors (Lipinski definition) is 6. The van der Waals surface area contributed by atoms with Gasteiger partial charge in [0.15, 0.2) is 0 Å². The molecule has 3 rings (SSSR count). The average Bonchev–Trinajstić information content (AvgIpc) is 2.46. The minimum Gasteiger partial charge on any atom is -0.383 e. The van der Waals surface area contributed by atoms with Crippen molar-refractivity contribution in [1.29, 1.82) is 0 Å². The Morgan fingerprint density at radius 1 is 1.35 bits per heavy atom. The van der Waals surface area contributed by atoms with Gasteiger partial charge in [0.1, 0.15) is 11.6 Å². The van der Waals surface area contributed by atoms with E-state index in [1.807, 2.05) is 24.3 Å². The van der Waals surface area contributed by atoms with Gasteiger partial charge in [-0.2, -0.15) is 0 Å². The number of nitrogens with zero attached hydrogens (tertiary/aromatic N) is 3. The van der Waals surface area contributed by atoms with Crippen LogP contribution in [0.5, 0.6) is 0 Å². The van der Waals surface area contributed by atoms with E-state index in [9.17, 15) is 0 Å². The molecule has 2 aromatic rings. The van der Waals surface area contributed by atoms with Gasteiger partial charge in [0.05, 0.1) is 30.4 Å². The first-order valence-electron chi connectivity index (χ1n) is 7.87. The smallest absolute Gasteiger partial charge is 0.145 e. The number of fused-ring (bicyclic) bond motifs is 1. The lowest BCUT2D eigenvalue weighted by Crippen LogP contribution is -2.53. The van der Waals surface area contributed by atoms with Gasteiger partial charge in [-0.3, -0.25) is 4.90 Å². The summed E-state index contributed by atoms with van der Waals surface area (Å²) in [5.41, 5.74) is 6.74. The Hall–Kier alpha value is -1.76. The lowest BCUT2D eigenvalue weighted by Gasteiger charge is -2.42. The normalized spacial score (nSPS) is 21.6. The molecule has 1 atom stereocenters. The molecule has 2 heterocycles. The first-order chi connectivity index (χ1) is 11.0. The number of methoxy groups -OCH3 is 1. The second-order valence-electron chi connectivity index (χ2n) is 6.67. The molecule has 1 aromatic heterocycles. The van der Waals surface area contributed by atoms with Gasteiger partial charge < -0.3 is 15.2 Å². The zero-order valence-electron chi connectivity index (χ0n) is 14.0. The highest BCUT2D eigenvalue weighted by atomic mass is 16.5. The first-order valence-corrected chi connectivity index (χ1v) is 7.87. The van der Waals surface area contributed by atoms with Crippen LogP contribution in [0, 0.1) is 0 Å². The molecule has 0 unspecified atom stereocenters. The van der Waals surface area contributed by atoms with Crippen LogP contribution in [0.2, 0.25) is 0 Å². The van der Waals surface area contributed by atoms with Crippen LogP contribution in [0.25, 0.3) is 10.9 Å². The van der Waals surface area contributed by atoms with Crippen molar-refractivity contribution in [3.05, 3.63) is 30.1 Å². The number of para-hydroxylation sites is 1. The van der Waals surface area contributed by atoms with Crippen LogP contribution in [0.4, 0.5) is 5.82 Å². The van der Waals surface area contributed by atoms with Crippen molar-refractivity contribution in [2.24, 2.45) is 0 Å². The maximum absolute atomic E-state index is 6.08. The first kappa shape index (κ1) is 16.1.